The number of hydrogen-bond donors (Lipinski definition) is 2. The van der Waals surface area contributed by atoms with Gasteiger partial charge in [-0.2, -0.15) is 0 Å². The molecule has 3 heterocycles. The lowest BCUT2D eigenvalue weighted by Gasteiger charge is -2.42. The fraction of sp³-hybridized carbons (Fsp3) is 0.724. The molecule has 3 aliphatic heterocycles. The highest BCUT2D eigenvalue weighted by molar-refractivity contribution is 5.89. The standard InChI is InChI=1S/C29H44O8/c1-18(8-12-26-27(33)29(17-34-29)15-28(6,16-30)37-26)7-11-25-19(2)13-23(21(4)36-25)14-24(32)10-9-20(3)35-22(5)31/h7-10,12,19-21,23,25-27,30,33H,11,13-17H2,1-6H3/b10-9-,12-8+,18-7+/t19?,20-,21+,23-,25-,26?,27+,28+,29+/m0/s1. The molecular formula is C29H44O8. The molecule has 2 unspecified atom stereocenters. The zero-order valence-corrected chi connectivity index (χ0v) is 23.0. The van der Waals surface area contributed by atoms with Crippen LogP contribution in [0.5, 0.6) is 0 Å². The van der Waals surface area contributed by atoms with Crippen molar-refractivity contribution >= 4 is 11.8 Å². The van der Waals surface area contributed by atoms with Gasteiger partial charge in [-0.15, -0.1) is 0 Å². The van der Waals surface area contributed by atoms with Gasteiger partial charge in [-0.1, -0.05) is 30.7 Å². The predicted octanol–water partition coefficient (Wildman–Crippen LogP) is 3.45. The van der Waals surface area contributed by atoms with Crippen molar-refractivity contribution in [2.75, 3.05) is 13.2 Å². The van der Waals surface area contributed by atoms with Crippen LogP contribution in [-0.2, 0) is 28.5 Å². The molecule has 0 amide bonds. The second-order valence-electron chi connectivity index (χ2n) is 11.4. The largest absolute Gasteiger partial charge is 0.459 e. The average molecular weight is 521 g/mol. The number of aliphatic hydroxyl groups is 2. The zero-order valence-electron chi connectivity index (χ0n) is 23.0. The van der Waals surface area contributed by atoms with E-state index in [9.17, 15) is 19.8 Å². The van der Waals surface area contributed by atoms with Crippen molar-refractivity contribution in [3.63, 3.8) is 0 Å². The number of aliphatic hydroxyl groups excluding tert-OH is 2. The minimum atomic E-state index is -0.766. The molecule has 0 aliphatic carbocycles. The van der Waals surface area contributed by atoms with Crippen LogP contribution in [0.2, 0.25) is 0 Å². The summed E-state index contributed by atoms with van der Waals surface area (Å²) >= 11 is 0. The Hall–Kier alpha value is -1.84. The third kappa shape index (κ3) is 8.07. The van der Waals surface area contributed by atoms with Crippen LogP contribution in [-0.4, -0.2) is 76.9 Å². The Morgan fingerprint density at radius 1 is 1.22 bits per heavy atom. The lowest BCUT2D eigenvalue weighted by atomic mass is 9.81. The summed E-state index contributed by atoms with van der Waals surface area (Å²) in [5.74, 6) is 0.0740. The van der Waals surface area contributed by atoms with Crippen molar-refractivity contribution in [1.82, 2.24) is 0 Å². The van der Waals surface area contributed by atoms with Gasteiger partial charge in [0.2, 0.25) is 0 Å². The summed E-state index contributed by atoms with van der Waals surface area (Å²) in [5, 5.41) is 20.5. The van der Waals surface area contributed by atoms with Crippen LogP contribution in [0, 0.1) is 11.8 Å². The van der Waals surface area contributed by atoms with E-state index in [1.54, 1.807) is 13.0 Å². The number of rotatable bonds is 10. The lowest BCUT2D eigenvalue weighted by molar-refractivity contribution is -0.192. The van der Waals surface area contributed by atoms with Crippen LogP contribution in [0.4, 0.5) is 0 Å². The van der Waals surface area contributed by atoms with Crippen LogP contribution in [0.25, 0.3) is 0 Å². The van der Waals surface area contributed by atoms with Gasteiger partial charge in [-0.25, -0.2) is 0 Å². The molecule has 2 N–H and O–H groups in total. The molecule has 0 radical (unpaired) electrons. The Morgan fingerprint density at radius 2 is 1.92 bits per heavy atom. The van der Waals surface area contributed by atoms with Crippen molar-refractivity contribution < 1.29 is 38.7 Å². The van der Waals surface area contributed by atoms with Gasteiger partial charge in [0.1, 0.15) is 23.9 Å². The van der Waals surface area contributed by atoms with Gasteiger partial charge in [-0.05, 0) is 64.5 Å². The third-order valence-corrected chi connectivity index (χ3v) is 7.75. The Balaban J connectivity index is 1.50. The van der Waals surface area contributed by atoms with Crippen molar-refractivity contribution in [3.8, 4) is 0 Å². The summed E-state index contributed by atoms with van der Waals surface area (Å²) in [6.07, 6.45) is 9.83. The fourth-order valence-corrected chi connectivity index (χ4v) is 5.44. The number of ether oxygens (including phenoxy) is 4. The van der Waals surface area contributed by atoms with Gasteiger partial charge in [0.05, 0.1) is 31.0 Å². The molecule has 8 nitrogen and oxygen atoms in total. The van der Waals surface area contributed by atoms with Gasteiger partial charge < -0.3 is 29.2 Å². The summed E-state index contributed by atoms with van der Waals surface area (Å²) in [7, 11) is 0. The summed E-state index contributed by atoms with van der Waals surface area (Å²) in [6, 6.07) is 0. The number of hydrogen-bond acceptors (Lipinski definition) is 8. The maximum absolute atomic E-state index is 12.4. The fourth-order valence-electron chi connectivity index (χ4n) is 5.44. The molecule has 3 fully saturated rings. The average Bonchev–Trinajstić information content (AvgIpc) is 3.59. The molecule has 3 aliphatic rings. The zero-order chi connectivity index (χ0) is 27.4. The molecule has 1 spiro atoms. The van der Waals surface area contributed by atoms with Crippen LogP contribution in [0.1, 0.15) is 67.2 Å². The molecule has 8 heteroatoms. The summed E-state index contributed by atoms with van der Waals surface area (Å²) < 4.78 is 22.9. The Kier molecular flexibility index (Phi) is 9.91. The maximum atomic E-state index is 12.4. The highest BCUT2D eigenvalue weighted by Crippen LogP contribution is 2.46. The molecule has 0 aromatic heterocycles. The Morgan fingerprint density at radius 3 is 2.54 bits per heavy atom. The molecule has 208 valence electrons. The van der Waals surface area contributed by atoms with Crippen molar-refractivity contribution in [1.29, 1.82) is 0 Å². The summed E-state index contributed by atoms with van der Waals surface area (Å²) in [4.78, 5) is 23.4. The molecule has 37 heavy (non-hydrogen) atoms. The third-order valence-electron chi connectivity index (χ3n) is 7.75. The van der Waals surface area contributed by atoms with Crippen LogP contribution in [0.3, 0.4) is 0 Å². The second-order valence-corrected chi connectivity index (χ2v) is 11.4. The first kappa shape index (κ1) is 29.7. The molecular weight excluding hydrogens is 476 g/mol. The SMILES string of the molecule is CC(=O)O[C@@H](C)/C=C\C(=O)C[C@@H]1CC(C)[C@H](C/C=C(C)/C=C/C2O[C@@](C)(CO)C[C@@]3(CO3)[C@@H]2O)O[C@@H]1C. The molecule has 0 saturated carbocycles. The van der Waals surface area contributed by atoms with E-state index in [2.05, 4.69) is 13.0 Å². The Bertz CT molecular complexity index is 904. The minimum Gasteiger partial charge on any atom is -0.459 e. The number of epoxide rings is 1. The van der Waals surface area contributed by atoms with Gasteiger partial charge in [0, 0.05) is 19.8 Å². The Labute approximate surface area is 220 Å². The number of carbonyl (C=O) groups is 2. The van der Waals surface area contributed by atoms with Crippen LogP contribution in [0.15, 0.2) is 36.0 Å². The highest BCUT2D eigenvalue weighted by atomic mass is 16.6. The second kappa shape index (κ2) is 12.3. The highest BCUT2D eigenvalue weighted by Gasteiger charge is 2.61. The van der Waals surface area contributed by atoms with E-state index in [1.165, 1.54) is 13.0 Å². The van der Waals surface area contributed by atoms with E-state index in [0.29, 0.717) is 25.4 Å². The number of allylic oxidation sites excluding steroid dienone is 3. The first-order valence-corrected chi connectivity index (χ1v) is 13.4. The van der Waals surface area contributed by atoms with E-state index < -0.39 is 29.5 Å². The first-order chi connectivity index (χ1) is 17.4. The van der Waals surface area contributed by atoms with E-state index in [-0.39, 0.29) is 36.5 Å². The first-order valence-electron chi connectivity index (χ1n) is 13.4. The number of ketones is 1. The van der Waals surface area contributed by atoms with E-state index in [1.807, 2.05) is 32.9 Å². The number of esters is 1. The van der Waals surface area contributed by atoms with Crippen molar-refractivity contribution in [2.24, 2.45) is 11.8 Å². The maximum Gasteiger partial charge on any atom is 0.303 e. The molecule has 0 bridgehead atoms. The smallest absolute Gasteiger partial charge is 0.303 e. The van der Waals surface area contributed by atoms with E-state index >= 15 is 0 Å². The van der Waals surface area contributed by atoms with Crippen molar-refractivity contribution in [2.45, 2.75) is 109 Å². The topological polar surface area (TPSA) is 115 Å². The molecule has 0 aromatic rings. The summed E-state index contributed by atoms with van der Waals surface area (Å²) in [5.41, 5.74) is -0.318. The monoisotopic (exact) mass is 520 g/mol. The van der Waals surface area contributed by atoms with E-state index in [0.717, 1.165) is 18.4 Å². The van der Waals surface area contributed by atoms with Crippen LogP contribution < -0.4 is 0 Å². The van der Waals surface area contributed by atoms with Gasteiger partial charge >= 0.3 is 5.97 Å². The van der Waals surface area contributed by atoms with Crippen LogP contribution >= 0.6 is 0 Å². The van der Waals surface area contributed by atoms with Gasteiger partial charge in [-0.3, -0.25) is 9.59 Å². The number of carbonyl (C=O) groups excluding carboxylic acids is 2. The molecule has 9 atom stereocenters. The normalized spacial score (nSPS) is 39.3. The molecule has 0 aromatic carbocycles. The minimum absolute atomic E-state index is 0.00812. The van der Waals surface area contributed by atoms with Crippen molar-refractivity contribution in [3.05, 3.63) is 36.0 Å². The molecule has 3 saturated heterocycles. The van der Waals surface area contributed by atoms with Gasteiger partial charge in [0.25, 0.3) is 0 Å². The molecule has 3 rings (SSSR count). The van der Waals surface area contributed by atoms with Gasteiger partial charge in [0.15, 0.2) is 5.78 Å². The van der Waals surface area contributed by atoms with E-state index in [4.69, 9.17) is 18.9 Å². The predicted molar refractivity (Wildman–Crippen MR) is 139 cm³/mol. The lowest BCUT2D eigenvalue weighted by Crippen LogP contribution is -2.56. The summed E-state index contributed by atoms with van der Waals surface area (Å²) in [6.45, 7) is 11.4. The quantitative estimate of drug-likeness (QED) is 0.195.